The first-order valence-electron chi connectivity index (χ1n) is 7.78. The lowest BCUT2D eigenvalue weighted by molar-refractivity contribution is 0.102. The maximum absolute atomic E-state index is 12.6. The van der Waals surface area contributed by atoms with Crippen LogP contribution in [0.4, 0.5) is 5.13 Å². The van der Waals surface area contributed by atoms with Crippen LogP contribution >= 0.6 is 23.1 Å². The molecule has 0 bridgehead atoms. The Morgan fingerprint density at radius 1 is 1.15 bits per heavy atom. The first kappa shape index (κ1) is 18.3. The zero-order valence-electron chi connectivity index (χ0n) is 14.6. The summed E-state index contributed by atoms with van der Waals surface area (Å²) in [5.74, 6) is 1.24. The molecule has 3 aromatic rings. The van der Waals surface area contributed by atoms with Gasteiger partial charge in [-0.25, -0.2) is 4.98 Å². The number of rotatable bonds is 6. The second-order valence-electron chi connectivity index (χ2n) is 5.26. The number of ether oxygens (including phenoxy) is 2. The van der Waals surface area contributed by atoms with Gasteiger partial charge in [0.1, 0.15) is 11.5 Å². The Hall–Kier alpha value is -2.51. The average Bonchev–Trinajstić information content (AvgIpc) is 3.15. The van der Waals surface area contributed by atoms with Crippen LogP contribution in [0.15, 0.2) is 52.7 Å². The number of methoxy groups -OCH3 is 2. The van der Waals surface area contributed by atoms with Gasteiger partial charge >= 0.3 is 0 Å². The number of thiazole rings is 1. The van der Waals surface area contributed by atoms with E-state index in [-0.39, 0.29) is 5.91 Å². The number of aromatic nitrogens is 1. The van der Waals surface area contributed by atoms with E-state index < -0.39 is 0 Å². The van der Waals surface area contributed by atoms with Crippen LogP contribution in [0.2, 0.25) is 0 Å². The Morgan fingerprint density at radius 3 is 2.69 bits per heavy atom. The highest BCUT2D eigenvalue weighted by Gasteiger charge is 2.15. The Labute approximate surface area is 160 Å². The van der Waals surface area contributed by atoms with E-state index in [1.165, 1.54) is 23.1 Å². The van der Waals surface area contributed by atoms with E-state index in [1.54, 1.807) is 20.3 Å². The third kappa shape index (κ3) is 3.84. The van der Waals surface area contributed by atoms with E-state index in [0.717, 1.165) is 16.2 Å². The molecule has 0 atom stereocenters. The van der Waals surface area contributed by atoms with Gasteiger partial charge in [0.25, 0.3) is 5.91 Å². The zero-order chi connectivity index (χ0) is 18.5. The van der Waals surface area contributed by atoms with Crippen LogP contribution in [0.3, 0.4) is 0 Å². The number of amides is 1. The summed E-state index contributed by atoms with van der Waals surface area (Å²) in [6, 6.07) is 13.0. The second kappa shape index (κ2) is 8.25. The van der Waals surface area contributed by atoms with Gasteiger partial charge in [-0.15, -0.1) is 23.1 Å². The van der Waals surface area contributed by atoms with Gasteiger partial charge in [0.15, 0.2) is 5.13 Å². The fourth-order valence-electron chi connectivity index (χ4n) is 2.47. The van der Waals surface area contributed by atoms with Gasteiger partial charge in [-0.2, -0.15) is 0 Å². The molecule has 1 aromatic heterocycles. The number of benzene rings is 2. The van der Waals surface area contributed by atoms with Crippen molar-refractivity contribution in [2.75, 3.05) is 25.8 Å². The molecule has 0 aliphatic carbocycles. The molecule has 1 N–H and O–H groups in total. The molecule has 0 aliphatic heterocycles. The summed E-state index contributed by atoms with van der Waals surface area (Å²) in [7, 11) is 3.22. The van der Waals surface area contributed by atoms with Crippen molar-refractivity contribution in [2.24, 2.45) is 0 Å². The summed E-state index contributed by atoms with van der Waals surface area (Å²) < 4.78 is 10.7. The summed E-state index contributed by atoms with van der Waals surface area (Å²) in [5, 5.41) is 5.29. The van der Waals surface area contributed by atoms with Gasteiger partial charge in [0, 0.05) is 15.8 Å². The normalized spacial score (nSPS) is 10.4. The lowest BCUT2D eigenvalue weighted by Gasteiger charge is -2.08. The van der Waals surface area contributed by atoms with Crippen molar-refractivity contribution in [1.29, 1.82) is 0 Å². The summed E-state index contributed by atoms with van der Waals surface area (Å²) in [5.41, 5.74) is 2.17. The van der Waals surface area contributed by atoms with Crippen LogP contribution in [-0.2, 0) is 0 Å². The predicted molar refractivity (Wildman–Crippen MR) is 107 cm³/mol. The molecule has 5 nitrogen and oxygen atoms in total. The van der Waals surface area contributed by atoms with E-state index in [4.69, 9.17) is 9.47 Å². The highest BCUT2D eigenvalue weighted by Crippen LogP contribution is 2.35. The summed E-state index contributed by atoms with van der Waals surface area (Å²) in [6.45, 7) is 0. The number of carbonyl (C=O) groups excluding carboxylic acids is 1. The molecule has 1 amide bonds. The van der Waals surface area contributed by atoms with E-state index >= 15 is 0 Å². The Bertz CT molecular complexity index is 925. The largest absolute Gasteiger partial charge is 0.497 e. The molecule has 0 saturated carbocycles. The van der Waals surface area contributed by atoms with Crippen LogP contribution in [0.5, 0.6) is 11.5 Å². The number of hydrogen-bond donors (Lipinski definition) is 1. The fraction of sp³-hybridized carbons (Fsp3) is 0.158. The Kier molecular flexibility index (Phi) is 5.80. The minimum atomic E-state index is -0.173. The number of thioether (sulfide) groups is 1. The van der Waals surface area contributed by atoms with Crippen LogP contribution in [-0.4, -0.2) is 31.4 Å². The third-order valence-corrected chi connectivity index (χ3v) is 5.31. The predicted octanol–water partition coefficient (Wildman–Crippen LogP) is 4.80. The van der Waals surface area contributed by atoms with Gasteiger partial charge in [-0.1, -0.05) is 12.1 Å². The zero-order valence-corrected chi connectivity index (χ0v) is 16.2. The molecule has 2 aromatic carbocycles. The smallest absolute Gasteiger partial charge is 0.258 e. The van der Waals surface area contributed by atoms with Crippen molar-refractivity contribution in [3.05, 3.63) is 53.4 Å². The number of hydrogen-bond acceptors (Lipinski definition) is 6. The molecule has 0 aliphatic rings. The number of nitrogens with zero attached hydrogens (tertiary/aromatic N) is 1. The number of carbonyl (C=O) groups is 1. The molecule has 0 unspecified atom stereocenters. The maximum atomic E-state index is 12.6. The van der Waals surface area contributed by atoms with Crippen LogP contribution in [0, 0.1) is 0 Å². The van der Waals surface area contributed by atoms with E-state index in [9.17, 15) is 4.79 Å². The molecule has 3 rings (SSSR count). The van der Waals surface area contributed by atoms with Crippen molar-refractivity contribution in [3.63, 3.8) is 0 Å². The first-order chi connectivity index (χ1) is 12.7. The minimum Gasteiger partial charge on any atom is -0.497 e. The van der Waals surface area contributed by atoms with Crippen molar-refractivity contribution >= 4 is 34.1 Å². The summed E-state index contributed by atoms with van der Waals surface area (Å²) >= 11 is 2.90. The lowest BCUT2D eigenvalue weighted by atomic mass is 10.1. The molecule has 0 fully saturated rings. The lowest BCUT2D eigenvalue weighted by Crippen LogP contribution is -2.12. The molecule has 0 spiro atoms. The van der Waals surface area contributed by atoms with Crippen molar-refractivity contribution < 1.29 is 14.3 Å². The van der Waals surface area contributed by atoms with Crippen molar-refractivity contribution in [1.82, 2.24) is 4.98 Å². The van der Waals surface area contributed by atoms with Crippen molar-refractivity contribution in [3.8, 4) is 22.8 Å². The third-order valence-electron chi connectivity index (χ3n) is 3.76. The van der Waals surface area contributed by atoms with Crippen LogP contribution < -0.4 is 14.8 Å². The van der Waals surface area contributed by atoms with E-state index in [1.807, 2.05) is 48.0 Å². The molecule has 0 radical (unpaired) electrons. The SMILES string of the molecule is COc1ccc(OC)c(-c2csc(NC(=O)c3ccccc3SC)n2)c1. The first-order valence-corrected chi connectivity index (χ1v) is 9.89. The average molecular weight is 386 g/mol. The molecule has 134 valence electrons. The molecule has 1 heterocycles. The van der Waals surface area contributed by atoms with Crippen LogP contribution in [0.25, 0.3) is 11.3 Å². The second-order valence-corrected chi connectivity index (χ2v) is 6.96. The molecule has 7 heteroatoms. The quantitative estimate of drug-likeness (QED) is 0.617. The Balaban J connectivity index is 1.86. The van der Waals surface area contributed by atoms with E-state index in [0.29, 0.717) is 22.2 Å². The summed E-state index contributed by atoms with van der Waals surface area (Å²) in [4.78, 5) is 18.0. The summed E-state index contributed by atoms with van der Waals surface area (Å²) in [6.07, 6.45) is 1.95. The molecule has 0 saturated heterocycles. The molecular weight excluding hydrogens is 368 g/mol. The van der Waals surface area contributed by atoms with E-state index in [2.05, 4.69) is 10.3 Å². The van der Waals surface area contributed by atoms with Gasteiger partial charge in [-0.3, -0.25) is 10.1 Å². The molecule has 26 heavy (non-hydrogen) atoms. The maximum Gasteiger partial charge on any atom is 0.258 e. The van der Waals surface area contributed by atoms with Crippen molar-refractivity contribution in [2.45, 2.75) is 4.90 Å². The highest BCUT2D eigenvalue weighted by atomic mass is 32.2. The monoisotopic (exact) mass is 386 g/mol. The topological polar surface area (TPSA) is 60.5 Å². The molecular formula is C19H18N2O3S2. The standard InChI is InChI=1S/C19H18N2O3S2/c1-23-12-8-9-16(24-2)14(10-12)15-11-26-19(20-15)21-18(22)13-6-4-5-7-17(13)25-3/h4-11H,1-3H3,(H,20,21,22). The van der Waals surface area contributed by atoms with Gasteiger partial charge in [0.05, 0.1) is 25.5 Å². The van der Waals surface area contributed by atoms with Gasteiger partial charge in [-0.05, 0) is 36.6 Å². The number of nitrogens with one attached hydrogen (secondary N) is 1. The van der Waals surface area contributed by atoms with Gasteiger partial charge < -0.3 is 9.47 Å². The van der Waals surface area contributed by atoms with Gasteiger partial charge in [0.2, 0.25) is 0 Å². The minimum absolute atomic E-state index is 0.173. The highest BCUT2D eigenvalue weighted by molar-refractivity contribution is 7.98. The Morgan fingerprint density at radius 2 is 1.96 bits per heavy atom. The fourth-order valence-corrected chi connectivity index (χ4v) is 3.77. The van der Waals surface area contributed by atoms with Crippen LogP contribution in [0.1, 0.15) is 10.4 Å². The number of anilines is 1.